The lowest BCUT2D eigenvalue weighted by atomic mass is 10.1. The summed E-state index contributed by atoms with van der Waals surface area (Å²) in [6.07, 6.45) is -2.61. The maximum Gasteiger partial charge on any atom is 0.405 e. The molecule has 1 rings (SSSR count). The molecule has 0 aromatic rings. The summed E-state index contributed by atoms with van der Waals surface area (Å²) in [4.78, 5) is 15.5. The fourth-order valence-electron chi connectivity index (χ4n) is 2.30. The number of carbonyl (C=O) groups excluding carboxylic acids is 1. The number of alkyl halides is 3. The van der Waals surface area contributed by atoms with Gasteiger partial charge in [0.05, 0.1) is 11.0 Å². The van der Waals surface area contributed by atoms with Crippen molar-refractivity contribution in [2.24, 2.45) is 5.73 Å². The second kappa shape index (κ2) is 7.79. The van der Waals surface area contributed by atoms with Gasteiger partial charge in [-0.05, 0) is 6.42 Å². The van der Waals surface area contributed by atoms with E-state index < -0.39 is 18.8 Å². The van der Waals surface area contributed by atoms with Gasteiger partial charge in [-0.1, -0.05) is 25.6 Å². The maximum atomic E-state index is 12.1. The quantitative estimate of drug-likeness (QED) is 0.748. The molecule has 9 heteroatoms. The Hall–Kier alpha value is -1.09. The van der Waals surface area contributed by atoms with E-state index in [4.69, 9.17) is 18.0 Å². The van der Waals surface area contributed by atoms with E-state index in [1.165, 1.54) is 4.90 Å². The highest BCUT2D eigenvalue weighted by molar-refractivity contribution is 7.80. The van der Waals surface area contributed by atoms with Crippen LogP contribution in [0.4, 0.5) is 18.0 Å². The summed E-state index contributed by atoms with van der Waals surface area (Å²) in [5.41, 5.74) is 5.72. The normalized spacial score (nSPS) is 18.4. The first-order valence-electron chi connectivity index (χ1n) is 6.87. The van der Waals surface area contributed by atoms with Crippen molar-refractivity contribution < 1.29 is 18.0 Å². The van der Waals surface area contributed by atoms with Gasteiger partial charge in [-0.25, -0.2) is 4.79 Å². The van der Waals surface area contributed by atoms with Crippen LogP contribution in [0.1, 0.15) is 19.8 Å². The van der Waals surface area contributed by atoms with Crippen LogP contribution in [0.25, 0.3) is 0 Å². The highest BCUT2D eigenvalue weighted by Crippen LogP contribution is 2.14. The van der Waals surface area contributed by atoms with Crippen LogP contribution in [-0.4, -0.2) is 65.8 Å². The van der Waals surface area contributed by atoms with E-state index in [1.54, 1.807) is 0 Å². The highest BCUT2D eigenvalue weighted by atomic mass is 32.1. The standard InChI is InChI=1S/C12H21F3N4OS/c1-2-3-9(10(16)21)18-4-6-19(7-5-18)11(20)17-8-12(13,14)15/h9H,2-8H2,1H3,(H2,16,21)(H,17,20). The maximum absolute atomic E-state index is 12.1. The van der Waals surface area contributed by atoms with Crippen LogP contribution in [0.3, 0.4) is 0 Å². The molecule has 0 radical (unpaired) electrons. The molecule has 0 aromatic carbocycles. The van der Waals surface area contributed by atoms with Gasteiger partial charge in [0.1, 0.15) is 6.54 Å². The number of hydrogen-bond acceptors (Lipinski definition) is 3. The topological polar surface area (TPSA) is 61.6 Å². The summed E-state index contributed by atoms with van der Waals surface area (Å²) in [5.74, 6) is 0. The summed E-state index contributed by atoms with van der Waals surface area (Å²) in [6, 6.07) is -0.695. The number of amides is 2. The van der Waals surface area contributed by atoms with Gasteiger partial charge in [-0.15, -0.1) is 0 Å². The van der Waals surface area contributed by atoms with Crippen molar-refractivity contribution in [2.45, 2.75) is 32.0 Å². The minimum atomic E-state index is -4.39. The predicted molar refractivity (Wildman–Crippen MR) is 78.1 cm³/mol. The summed E-state index contributed by atoms with van der Waals surface area (Å²) < 4.78 is 36.2. The number of thiocarbonyl (C=S) groups is 1. The van der Waals surface area contributed by atoms with Crippen LogP contribution >= 0.6 is 12.2 Å². The molecule has 0 spiro atoms. The van der Waals surface area contributed by atoms with Gasteiger partial charge < -0.3 is 16.0 Å². The van der Waals surface area contributed by atoms with Crippen LogP contribution in [0.5, 0.6) is 0 Å². The second-order valence-corrected chi connectivity index (χ2v) is 5.48. The molecule has 0 aromatic heterocycles. The van der Waals surface area contributed by atoms with Crippen molar-refractivity contribution in [2.75, 3.05) is 32.7 Å². The van der Waals surface area contributed by atoms with Gasteiger partial charge in [0.25, 0.3) is 0 Å². The van der Waals surface area contributed by atoms with Crippen molar-refractivity contribution in [3.63, 3.8) is 0 Å². The lowest BCUT2D eigenvalue weighted by Gasteiger charge is -2.38. The number of carbonyl (C=O) groups is 1. The van der Waals surface area contributed by atoms with Crippen LogP contribution in [0, 0.1) is 0 Å². The minimum absolute atomic E-state index is 0.00890. The Morgan fingerprint density at radius 1 is 1.33 bits per heavy atom. The third-order valence-corrected chi connectivity index (χ3v) is 3.64. The van der Waals surface area contributed by atoms with Gasteiger partial charge in [0.15, 0.2) is 0 Å². The molecule has 1 atom stereocenters. The van der Waals surface area contributed by atoms with Gasteiger partial charge in [-0.2, -0.15) is 13.2 Å². The van der Waals surface area contributed by atoms with Gasteiger partial charge >= 0.3 is 12.2 Å². The first-order chi connectivity index (χ1) is 9.74. The molecule has 1 aliphatic heterocycles. The molecule has 0 saturated carbocycles. The fourth-order valence-corrected chi connectivity index (χ4v) is 2.57. The third kappa shape index (κ3) is 6.04. The monoisotopic (exact) mass is 326 g/mol. The van der Waals surface area contributed by atoms with E-state index >= 15 is 0 Å². The molecule has 1 unspecified atom stereocenters. The van der Waals surface area contributed by atoms with Crippen molar-refractivity contribution in [3.05, 3.63) is 0 Å². The summed E-state index contributed by atoms with van der Waals surface area (Å²) in [5, 5.41) is 1.88. The average molecular weight is 326 g/mol. The molecule has 3 N–H and O–H groups in total. The predicted octanol–water partition coefficient (Wildman–Crippen LogP) is 1.33. The highest BCUT2D eigenvalue weighted by Gasteiger charge is 2.31. The van der Waals surface area contributed by atoms with Crippen molar-refractivity contribution in [1.29, 1.82) is 0 Å². The zero-order chi connectivity index (χ0) is 16.0. The zero-order valence-corrected chi connectivity index (χ0v) is 12.8. The molecule has 5 nitrogen and oxygen atoms in total. The largest absolute Gasteiger partial charge is 0.405 e. The Morgan fingerprint density at radius 3 is 2.33 bits per heavy atom. The van der Waals surface area contributed by atoms with Crippen molar-refractivity contribution in [1.82, 2.24) is 15.1 Å². The van der Waals surface area contributed by atoms with E-state index in [0.717, 1.165) is 12.8 Å². The molecule has 0 aliphatic carbocycles. The number of nitrogens with two attached hydrogens (primary N) is 1. The number of urea groups is 1. The molecule has 122 valence electrons. The Bertz CT molecular complexity index is 370. The Morgan fingerprint density at radius 2 is 1.90 bits per heavy atom. The van der Waals surface area contributed by atoms with E-state index in [0.29, 0.717) is 31.2 Å². The molecule has 0 bridgehead atoms. The molecule has 21 heavy (non-hydrogen) atoms. The second-order valence-electron chi connectivity index (χ2n) is 5.00. The van der Waals surface area contributed by atoms with E-state index in [9.17, 15) is 18.0 Å². The Kier molecular flexibility index (Phi) is 6.66. The molecule has 1 aliphatic rings. The lowest BCUT2D eigenvalue weighted by molar-refractivity contribution is -0.123. The van der Waals surface area contributed by atoms with Gasteiger partial charge in [0, 0.05) is 26.2 Å². The van der Waals surface area contributed by atoms with E-state index in [1.807, 2.05) is 12.2 Å². The summed E-state index contributed by atoms with van der Waals surface area (Å²) in [6.45, 7) is 2.57. The Labute approximate surface area is 127 Å². The first-order valence-corrected chi connectivity index (χ1v) is 7.28. The van der Waals surface area contributed by atoms with E-state index in [-0.39, 0.29) is 6.04 Å². The third-order valence-electron chi connectivity index (χ3n) is 3.37. The van der Waals surface area contributed by atoms with Crippen LogP contribution < -0.4 is 11.1 Å². The number of halogens is 3. The van der Waals surface area contributed by atoms with E-state index in [2.05, 4.69) is 4.90 Å². The fraction of sp³-hybridized carbons (Fsp3) is 0.833. The van der Waals surface area contributed by atoms with Gasteiger partial charge in [-0.3, -0.25) is 4.90 Å². The average Bonchev–Trinajstić information content (AvgIpc) is 2.41. The van der Waals surface area contributed by atoms with Crippen molar-refractivity contribution >= 4 is 23.2 Å². The Balaban J connectivity index is 2.44. The van der Waals surface area contributed by atoms with Crippen LogP contribution in [0.2, 0.25) is 0 Å². The smallest absolute Gasteiger partial charge is 0.392 e. The molecule has 1 heterocycles. The number of nitrogens with one attached hydrogen (secondary N) is 1. The molecular formula is C12H21F3N4OS. The molecular weight excluding hydrogens is 305 g/mol. The van der Waals surface area contributed by atoms with Crippen LogP contribution in [-0.2, 0) is 0 Å². The minimum Gasteiger partial charge on any atom is -0.392 e. The summed E-state index contributed by atoms with van der Waals surface area (Å²) >= 11 is 5.05. The van der Waals surface area contributed by atoms with Gasteiger partial charge in [0.2, 0.25) is 0 Å². The first kappa shape index (κ1) is 18.0. The zero-order valence-electron chi connectivity index (χ0n) is 11.9. The lowest BCUT2D eigenvalue weighted by Crippen LogP contribution is -2.56. The SMILES string of the molecule is CCCC(C(N)=S)N1CCN(C(=O)NCC(F)(F)F)CC1. The summed E-state index contributed by atoms with van der Waals surface area (Å²) in [7, 11) is 0. The number of nitrogens with zero attached hydrogens (tertiary/aromatic N) is 2. The number of hydrogen-bond donors (Lipinski definition) is 2. The number of rotatable bonds is 5. The molecule has 1 saturated heterocycles. The van der Waals surface area contributed by atoms with Crippen molar-refractivity contribution in [3.8, 4) is 0 Å². The number of piperazine rings is 1. The molecule has 2 amide bonds. The van der Waals surface area contributed by atoms with Crippen LogP contribution in [0.15, 0.2) is 0 Å². The molecule has 1 fully saturated rings.